The van der Waals surface area contributed by atoms with Crippen molar-refractivity contribution in [3.05, 3.63) is 35.4 Å². The quantitative estimate of drug-likeness (QED) is 0.457. The molecule has 0 atom stereocenters. The van der Waals surface area contributed by atoms with Crippen LogP contribution in [0.25, 0.3) is 0 Å². The highest BCUT2D eigenvalue weighted by molar-refractivity contribution is 5.35. The summed E-state index contributed by atoms with van der Waals surface area (Å²) in [6.07, 6.45) is 17.2. The fourth-order valence-electron chi connectivity index (χ4n) is 5.76. The van der Waals surface area contributed by atoms with E-state index in [0.717, 1.165) is 37.0 Å². The van der Waals surface area contributed by atoms with Crippen LogP contribution in [0.4, 0.5) is 0 Å². The number of aryl methyl sites for hydroxylation is 1. The second kappa shape index (κ2) is 9.77. The highest BCUT2D eigenvalue weighted by Gasteiger charge is 2.39. The summed E-state index contributed by atoms with van der Waals surface area (Å²) in [6, 6.07) is 11.6. The molecule has 0 radical (unpaired) electrons. The lowest BCUT2D eigenvalue weighted by Crippen LogP contribution is -2.33. The molecule has 3 rings (SSSR count). The molecule has 0 N–H and O–H groups in total. The number of unbranched alkanes of at least 4 members (excludes halogenated alkanes) is 2. The molecular formula is C26H39N. The molecule has 0 aliphatic heterocycles. The topological polar surface area (TPSA) is 23.8 Å². The fourth-order valence-corrected chi connectivity index (χ4v) is 5.76. The van der Waals surface area contributed by atoms with Crippen molar-refractivity contribution in [2.45, 2.75) is 103 Å². The van der Waals surface area contributed by atoms with Crippen LogP contribution in [-0.4, -0.2) is 0 Å². The van der Waals surface area contributed by atoms with Crippen molar-refractivity contribution >= 4 is 0 Å². The normalized spacial score (nSPS) is 31.4. The Labute approximate surface area is 167 Å². The molecule has 1 nitrogen and oxygen atoms in total. The third-order valence-corrected chi connectivity index (χ3v) is 7.79. The van der Waals surface area contributed by atoms with E-state index in [1.165, 1.54) is 75.3 Å². The van der Waals surface area contributed by atoms with E-state index in [1.54, 1.807) is 0 Å². The fraction of sp³-hybridized carbons (Fsp3) is 0.731. The second-order valence-corrected chi connectivity index (χ2v) is 9.36. The Kier molecular flexibility index (Phi) is 7.40. The van der Waals surface area contributed by atoms with E-state index in [9.17, 15) is 5.26 Å². The van der Waals surface area contributed by atoms with Gasteiger partial charge >= 0.3 is 0 Å². The number of hydrogen-bond acceptors (Lipinski definition) is 1. The molecule has 2 aliphatic carbocycles. The molecule has 0 heterocycles. The molecule has 148 valence electrons. The third-order valence-electron chi connectivity index (χ3n) is 7.79. The van der Waals surface area contributed by atoms with Gasteiger partial charge < -0.3 is 0 Å². The van der Waals surface area contributed by atoms with Gasteiger partial charge in [-0.25, -0.2) is 0 Å². The van der Waals surface area contributed by atoms with E-state index in [0.29, 0.717) is 0 Å². The molecule has 2 fully saturated rings. The number of nitriles is 1. The zero-order valence-corrected chi connectivity index (χ0v) is 17.7. The van der Waals surface area contributed by atoms with Crippen LogP contribution in [0.2, 0.25) is 0 Å². The highest BCUT2D eigenvalue weighted by Crippen LogP contribution is 2.47. The lowest BCUT2D eigenvalue weighted by atomic mass is 9.62. The number of benzene rings is 1. The molecular weight excluding hydrogens is 326 g/mol. The minimum Gasteiger partial charge on any atom is -0.197 e. The predicted molar refractivity (Wildman–Crippen MR) is 115 cm³/mol. The first kappa shape index (κ1) is 20.4. The monoisotopic (exact) mass is 365 g/mol. The smallest absolute Gasteiger partial charge is 0.0822 e. The van der Waals surface area contributed by atoms with Crippen LogP contribution in [0.1, 0.15) is 102 Å². The summed E-state index contributed by atoms with van der Waals surface area (Å²) in [5, 5.41) is 10.0. The van der Waals surface area contributed by atoms with Crippen molar-refractivity contribution in [1.82, 2.24) is 0 Å². The lowest BCUT2D eigenvalue weighted by molar-refractivity contribution is 0.143. The molecule has 2 aliphatic rings. The SMILES string of the molecule is CCCCCC1CCC([C@H]2CC[C@](C#N)(c3ccc(CC)cc3)CC2)CC1. The summed E-state index contributed by atoms with van der Waals surface area (Å²) in [4.78, 5) is 0. The minimum atomic E-state index is -0.222. The van der Waals surface area contributed by atoms with Gasteiger partial charge in [0.25, 0.3) is 0 Å². The Morgan fingerprint density at radius 2 is 1.52 bits per heavy atom. The maximum absolute atomic E-state index is 10.0. The average molecular weight is 366 g/mol. The molecule has 0 unspecified atom stereocenters. The summed E-state index contributed by atoms with van der Waals surface area (Å²) in [7, 11) is 0. The maximum atomic E-state index is 10.0. The van der Waals surface area contributed by atoms with Gasteiger partial charge in [-0.1, -0.05) is 76.6 Å². The van der Waals surface area contributed by atoms with Gasteiger partial charge in [0.05, 0.1) is 11.5 Å². The van der Waals surface area contributed by atoms with Crippen molar-refractivity contribution in [2.75, 3.05) is 0 Å². The summed E-state index contributed by atoms with van der Waals surface area (Å²) in [5.74, 6) is 2.82. The Morgan fingerprint density at radius 3 is 2.07 bits per heavy atom. The molecule has 0 aromatic heterocycles. The number of hydrogen-bond donors (Lipinski definition) is 0. The van der Waals surface area contributed by atoms with Crippen molar-refractivity contribution in [3.63, 3.8) is 0 Å². The van der Waals surface area contributed by atoms with Gasteiger partial charge in [-0.15, -0.1) is 0 Å². The van der Waals surface area contributed by atoms with Gasteiger partial charge in [-0.05, 0) is 73.8 Å². The molecule has 2 saturated carbocycles. The van der Waals surface area contributed by atoms with Crippen molar-refractivity contribution in [2.24, 2.45) is 17.8 Å². The maximum Gasteiger partial charge on any atom is 0.0822 e. The first-order valence-electron chi connectivity index (χ1n) is 11.7. The summed E-state index contributed by atoms with van der Waals surface area (Å²) >= 11 is 0. The van der Waals surface area contributed by atoms with Gasteiger partial charge in [-0.3, -0.25) is 0 Å². The minimum absolute atomic E-state index is 0.222. The van der Waals surface area contributed by atoms with Crippen LogP contribution in [0.15, 0.2) is 24.3 Å². The summed E-state index contributed by atoms with van der Waals surface area (Å²) < 4.78 is 0. The molecule has 27 heavy (non-hydrogen) atoms. The first-order valence-corrected chi connectivity index (χ1v) is 11.7. The molecule has 1 aromatic rings. The Hall–Kier alpha value is -1.29. The largest absolute Gasteiger partial charge is 0.197 e. The number of rotatable bonds is 7. The zero-order valence-electron chi connectivity index (χ0n) is 17.7. The summed E-state index contributed by atoms with van der Waals surface area (Å²) in [6.45, 7) is 4.50. The average Bonchev–Trinajstić information content (AvgIpc) is 2.75. The van der Waals surface area contributed by atoms with Crippen LogP contribution in [0.5, 0.6) is 0 Å². The Balaban J connectivity index is 1.51. The third kappa shape index (κ3) is 4.96. The molecule has 0 bridgehead atoms. The van der Waals surface area contributed by atoms with Gasteiger partial charge in [0.15, 0.2) is 0 Å². The van der Waals surface area contributed by atoms with Crippen LogP contribution in [-0.2, 0) is 11.8 Å². The van der Waals surface area contributed by atoms with Crippen LogP contribution in [0.3, 0.4) is 0 Å². The van der Waals surface area contributed by atoms with E-state index >= 15 is 0 Å². The standard InChI is InChI=1S/C26H39N/c1-3-5-6-7-22-8-12-23(13-9-22)24-16-18-26(20-27,19-17-24)25-14-10-21(4-2)11-15-25/h10-11,14-15,22-24H,3-9,12-13,16-19H2,1-2H3/t22?,23?,24-,26-. The molecule has 1 aromatic carbocycles. The zero-order chi connectivity index (χ0) is 19.1. The molecule has 1 heteroatoms. The van der Waals surface area contributed by atoms with Gasteiger partial charge in [0, 0.05) is 0 Å². The van der Waals surface area contributed by atoms with Gasteiger partial charge in [0.1, 0.15) is 0 Å². The highest BCUT2D eigenvalue weighted by atomic mass is 14.5. The van der Waals surface area contributed by atoms with E-state index in [2.05, 4.69) is 44.2 Å². The van der Waals surface area contributed by atoms with Crippen LogP contribution < -0.4 is 0 Å². The lowest BCUT2D eigenvalue weighted by Gasteiger charge is -2.41. The summed E-state index contributed by atoms with van der Waals surface area (Å²) in [5.41, 5.74) is 2.41. The van der Waals surface area contributed by atoms with E-state index in [4.69, 9.17) is 0 Å². The van der Waals surface area contributed by atoms with Crippen LogP contribution in [0, 0.1) is 29.1 Å². The first-order chi connectivity index (χ1) is 13.2. The second-order valence-electron chi connectivity index (χ2n) is 9.36. The predicted octanol–water partition coefficient (Wildman–Crippen LogP) is 7.59. The van der Waals surface area contributed by atoms with E-state index < -0.39 is 0 Å². The van der Waals surface area contributed by atoms with Gasteiger partial charge in [-0.2, -0.15) is 5.26 Å². The number of nitrogens with zero attached hydrogens (tertiary/aromatic N) is 1. The van der Waals surface area contributed by atoms with Gasteiger partial charge in [0.2, 0.25) is 0 Å². The van der Waals surface area contributed by atoms with Crippen molar-refractivity contribution < 1.29 is 0 Å². The molecule has 0 saturated heterocycles. The van der Waals surface area contributed by atoms with E-state index in [-0.39, 0.29) is 5.41 Å². The van der Waals surface area contributed by atoms with Crippen LogP contribution >= 0.6 is 0 Å². The Morgan fingerprint density at radius 1 is 0.889 bits per heavy atom. The van der Waals surface area contributed by atoms with Crippen molar-refractivity contribution in [3.8, 4) is 6.07 Å². The Bertz CT molecular complexity index is 592. The van der Waals surface area contributed by atoms with E-state index in [1.807, 2.05) is 0 Å². The van der Waals surface area contributed by atoms with Crippen molar-refractivity contribution in [1.29, 1.82) is 5.26 Å². The molecule has 0 amide bonds. The molecule has 0 spiro atoms.